The number of ether oxygens (including phenoxy) is 1. The van der Waals surface area contributed by atoms with Crippen LogP contribution in [0.5, 0.6) is 0 Å². The second kappa shape index (κ2) is 11.6. The van der Waals surface area contributed by atoms with Gasteiger partial charge in [0.05, 0.1) is 9.96 Å². The fourth-order valence-electron chi connectivity index (χ4n) is 3.51. The second-order valence-corrected chi connectivity index (χ2v) is 9.96. The second-order valence-electron chi connectivity index (χ2n) is 7.54. The van der Waals surface area contributed by atoms with Crippen molar-refractivity contribution in [2.45, 2.75) is 18.0 Å². The summed E-state index contributed by atoms with van der Waals surface area (Å²) in [4.78, 5) is 69.6. The van der Waals surface area contributed by atoms with E-state index >= 15 is 0 Å². The van der Waals surface area contributed by atoms with Gasteiger partial charge in [0.1, 0.15) is 36.5 Å². The molecule has 2 aromatic rings. The number of benzene rings is 1. The summed E-state index contributed by atoms with van der Waals surface area (Å²) in [6.07, 6.45) is 0.435. The summed E-state index contributed by atoms with van der Waals surface area (Å²) in [6.45, 7) is -0.198. The summed E-state index contributed by atoms with van der Waals surface area (Å²) in [5, 5.41) is 20.6. The van der Waals surface area contributed by atoms with Gasteiger partial charge in [-0.15, -0.1) is 23.1 Å². The zero-order valence-corrected chi connectivity index (χ0v) is 21.7. The van der Waals surface area contributed by atoms with E-state index in [9.17, 15) is 29.3 Å². The van der Waals surface area contributed by atoms with Crippen molar-refractivity contribution in [2.24, 2.45) is 5.16 Å². The Labute approximate surface area is 227 Å². The van der Waals surface area contributed by atoms with Crippen LogP contribution in [-0.4, -0.2) is 69.0 Å². The van der Waals surface area contributed by atoms with Crippen molar-refractivity contribution in [1.82, 2.24) is 15.2 Å². The number of thioether (sulfide) groups is 1. The van der Waals surface area contributed by atoms with Crippen molar-refractivity contribution < 1.29 is 33.7 Å². The van der Waals surface area contributed by atoms with E-state index in [1.807, 2.05) is 0 Å². The Morgan fingerprint density at radius 3 is 2.76 bits per heavy atom. The van der Waals surface area contributed by atoms with Crippen LogP contribution in [0.25, 0.3) is 0 Å². The van der Waals surface area contributed by atoms with E-state index in [0.717, 1.165) is 16.2 Å². The molecule has 1 saturated heterocycles. The lowest BCUT2D eigenvalue weighted by molar-refractivity contribution is -0.384. The number of nitrogens with one attached hydrogen (secondary N) is 2. The predicted octanol–water partition coefficient (Wildman–Crippen LogP) is 1.56. The van der Waals surface area contributed by atoms with Crippen LogP contribution in [0.4, 0.5) is 10.8 Å². The summed E-state index contributed by atoms with van der Waals surface area (Å²) < 4.78 is 5.29. The number of nitro benzene ring substituents is 1. The van der Waals surface area contributed by atoms with Crippen LogP contribution in [0.15, 0.2) is 45.5 Å². The normalized spacial score (nSPS) is 18.7. The summed E-state index contributed by atoms with van der Waals surface area (Å²) in [5.74, 6) is -2.00. The molecule has 1 fully saturated rings. The van der Waals surface area contributed by atoms with Gasteiger partial charge in [0, 0.05) is 23.3 Å². The standard InChI is InChI=1S/C21H17ClN6O8S2/c1-35-26-14(13-8-38-21(24-13)23-9-29)17(30)25-15-18(31)27-16(12(22)7-37-19(15)27)20(32)36-6-10-2-4-11(5-3-10)28(33)34/h2-5,8-9,15,19H,6-7H2,1H3,(H,25,30)(H,23,24,29)/b26-14-/t15?,19-/m1/s1. The third-order valence-corrected chi connectivity index (χ3v) is 7.77. The Balaban J connectivity index is 1.42. The number of thiazole rings is 1. The molecule has 0 spiro atoms. The van der Waals surface area contributed by atoms with Crippen LogP contribution in [0.3, 0.4) is 0 Å². The van der Waals surface area contributed by atoms with Gasteiger partial charge in [-0.05, 0) is 17.7 Å². The van der Waals surface area contributed by atoms with E-state index in [4.69, 9.17) is 21.2 Å². The molecular weight excluding hydrogens is 564 g/mol. The molecule has 17 heteroatoms. The predicted molar refractivity (Wildman–Crippen MR) is 136 cm³/mol. The van der Waals surface area contributed by atoms with Crippen molar-refractivity contribution in [2.75, 3.05) is 18.2 Å². The molecule has 2 atom stereocenters. The SMILES string of the molecule is CO/N=C(\C(=O)NC1C(=O)N2C(C(=O)OCc3ccc([N+](=O)[O-])cc3)=C(Cl)CS[C@H]12)c1csc(NC=O)n1. The number of rotatable bonds is 10. The highest BCUT2D eigenvalue weighted by Crippen LogP contribution is 2.41. The van der Waals surface area contributed by atoms with E-state index in [-0.39, 0.29) is 45.3 Å². The minimum absolute atomic E-state index is 0.108. The minimum Gasteiger partial charge on any atom is -0.456 e. The third-order valence-electron chi connectivity index (χ3n) is 5.25. The first kappa shape index (κ1) is 27.0. The molecule has 3 amide bonds. The zero-order valence-electron chi connectivity index (χ0n) is 19.3. The van der Waals surface area contributed by atoms with Crippen molar-refractivity contribution in [3.63, 3.8) is 0 Å². The smallest absolute Gasteiger partial charge is 0.356 e. The molecule has 2 aliphatic heterocycles. The van der Waals surface area contributed by atoms with Gasteiger partial charge < -0.3 is 20.2 Å². The minimum atomic E-state index is -0.997. The van der Waals surface area contributed by atoms with Gasteiger partial charge in [0.15, 0.2) is 10.8 Å². The van der Waals surface area contributed by atoms with E-state index in [1.54, 1.807) is 0 Å². The number of non-ortho nitro benzene ring substituents is 1. The number of anilines is 1. The maximum absolute atomic E-state index is 13.0. The Morgan fingerprint density at radius 1 is 1.37 bits per heavy atom. The Bertz CT molecular complexity index is 1360. The molecule has 3 heterocycles. The van der Waals surface area contributed by atoms with Crippen LogP contribution in [0, 0.1) is 10.1 Å². The third kappa shape index (κ3) is 5.46. The van der Waals surface area contributed by atoms with Gasteiger partial charge in [-0.1, -0.05) is 16.8 Å². The summed E-state index contributed by atoms with van der Waals surface area (Å²) in [5.41, 5.74) is 0.163. The maximum atomic E-state index is 13.0. The van der Waals surface area contributed by atoms with Gasteiger partial charge in [-0.3, -0.25) is 29.4 Å². The number of esters is 1. The molecule has 2 N–H and O–H groups in total. The molecule has 0 bridgehead atoms. The number of carbonyl (C=O) groups excluding carboxylic acids is 4. The van der Waals surface area contributed by atoms with Crippen molar-refractivity contribution >= 4 is 75.4 Å². The zero-order chi connectivity index (χ0) is 27.4. The van der Waals surface area contributed by atoms with Crippen molar-refractivity contribution in [1.29, 1.82) is 0 Å². The fraction of sp³-hybridized carbons (Fsp3) is 0.238. The largest absolute Gasteiger partial charge is 0.456 e. The molecule has 0 aliphatic carbocycles. The first-order valence-electron chi connectivity index (χ1n) is 10.6. The van der Waals surface area contributed by atoms with Gasteiger partial charge in [-0.2, -0.15) is 0 Å². The molecule has 1 aromatic carbocycles. The Hall–Kier alpha value is -4.02. The monoisotopic (exact) mass is 580 g/mol. The molecular formula is C21H17ClN6O8S2. The average molecular weight is 581 g/mol. The summed E-state index contributed by atoms with van der Waals surface area (Å²) in [6, 6.07) is 4.45. The molecule has 0 saturated carbocycles. The number of aromatic nitrogens is 1. The van der Waals surface area contributed by atoms with Gasteiger partial charge in [-0.25, -0.2) is 9.78 Å². The number of oxime groups is 1. The van der Waals surface area contributed by atoms with E-state index in [2.05, 4.69) is 20.8 Å². The molecule has 0 radical (unpaired) electrons. The average Bonchev–Trinajstić information content (AvgIpc) is 3.37. The number of β-lactam (4-membered cyclic amide) rings is 1. The Morgan fingerprint density at radius 2 is 2.11 bits per heavy atom. The topological polar surface area (TPSA) is 182 Å². The first-order valence-corrected chi connectivity index (χ1v) is 12.9. The molecule has 198 valence electrons. The lowest BCUT2D eigenvalue weighted by Gasteiger charge is -2.49. The fourth-order valence-corrected chi connectivity index (χ4v) is 5.71. The molecule has 38 heavy (non-hydrogen) atoms. The maximum Gasteiger partial charge on any atom is 0.356 e. The highest BCUT2D eigenvalue weighted by molar-refractivity contribution is 8.00. The Kier molecular flexibility index (Phi) is 8.23. The number of halogens is 1. The number of hydrogen-bond donors (Lipinski definition) is 2. The molecule has 1 aromatic heterocycles. The van der Waals surface area contributed by atoms with Crippen LogP contribution in [0.1, 0.15) is 11.3 Å². The van der Waals surface area contributed by atoms with Crippen molar-refractivity contribution in [3.8, 4) is 0 Å². The van der Waals surface area contributed by atoms with Gasteiger partial charge in [0.25, 0.3) is 17.5 Å². The van der Waals surface area contributed by atoms with E-state index in [0.29, 0.717) is 12.0 Å². The number of fused-ring (bicyclic) bond motifs is 1. The van der Waals surface area contributed by atoms with Crippen LogP contribution >= 0.6 is 34.7 Å². The highest BCUT2D eigenvalue weighted by Gasteiger charge is 2.54. The number of nitrogens with zero attached hydrogens (tertiary/aromatic N) is 4. The lowest BCUT2D eigenvalue weighted by atomic mass is 10.0. The quantitative estimate of drug-likeness (QED) is 0.104. The number of nitro groups is 1. The van der Waals surface area contributed by atoms with Crippen LogP contribution < -0.4 is 10.6 Å². The number of amides is 3. The lowest BCUT2D eigenvalue weighted by Crippen LogP contribution is -2.71. The highest BCUT2D eigenvalue weighted by atomic mass is 35.5. The molecule has 4 rings (SSSR count). The summed E-state index contributed by atoms with van der Waals surface area (Å²) in [7, 11) is 1.23. The van der Waals surface area contributed by atoms with Gasteiger partial charge in [0.2, 0.25) is 6.41 Å². The van der Waals surface area contributed by atoms with Crippen LogP contribution in [-0.2, 0) is 35.4 Å². The molecule has 2 aliphatic rings. The number of hydrogen-bond acceptors (Lipinski definition) is 12. The van der Waals surface area contributed by atoms with E-state index in [1.165, 1.54) is 48.5 Å². The van der Waals surface area contributed by atoms with E-state index < -0.39 is 34.1 Å². The van der Waals surface area contributed by atoms with Crippen molar-refractivity contribution in [3.05, 3.63) is 61.7 Å². The summed E-state index contributed by atoms with van der Waals surface area (Å²) >= 11 is 8.56. The first-order chi connectivity index (χ1) is 18.2. The molecule has 14 nitrogen and oxygen atoms in total. The van der Waals surface area contributed by atoms with Gasteiger partial charge >= 0.3 is 5.97 Å². The number of carbonyl (C=O) groups is 4. The molecule has 1 unspecified atom stereocenters. The van der Waals surface area contributed by atoms with Crippen LogP contribution in [0.2, 0.25) is 0 Å².